The summed E-state index contributed by atoms with van der Waals surface area (Å²) in [6.07, 6.45) is -4.41. The lowest BCUT2D eigenvalue weighted by atomic mass is 10.1. The highest BCUT2D eigenvalue weighted by Gasteiger charge is 2.30. The van der Waals surface area contributed by atoms with Crippen molar-refractivity contribution in [2.45, 2.75) is 19.6 Å². The molecule has 0 saturated heterocycles. The van der Waals surface area contributed by atoms with Crippen LogP contribution < -0.4 is 5.32 Å². The molecule has 0 saturated carbocycles. The molecule has 0 atom stereocenters. The minimum Gasteiger partial charge on any atom is -0.347 e. The van der Waals surface area contributed by atoms with Crippen molar-refractivity contribution in [3.8, 4) is 9.88 Å². The Hall–Kier alpha value is -2.19. The largest absolute Gasteiger partial charge is 0.416 e. The Kier molecular flexibility index (Phi) is 4.91. The summed E-state index contributed by atoms with van der Waals surface area (Å²) >= 11 is 3.09. The second-order valence-electron chi connectivity index (χ2n) is 5.26. The van der Waals surface area contributed by atoms with Gasteiger partial charge in [0.1, 0.15) is 5.01 Å². The number of hydrogen-bond acceptors (Lipinski definition) is 4. The zero-order valence-corrected chi connectivity index (χ0v) is 14.7. The third-order valence-electron chi connectivity index (χ3n) is 3.51. The molecule has 25 heavy (non-hydrogen) atoms. The van der Waals surface area contributed by atoms with Gasteiger partial charge < -0.3 is 5.32 Å². The number of aromatic nitrogens is 1. The molecule has 1 amide bonds. The van der Waals surface area contributed by atoms with Gasteiger partial charge in [-0.25, -0.2) is 4.98 Å². The van der Waals surface area contributed by atoms with Gasteiger partial charge in [0.15, 0.2) is 0 Å². The number of carbonyl (C=O) groups excluding carboxylic acids is 1. The molecule has 8 heteroatoms. The molecular weight excluding hydrogens is 369 g/mol. The van der Waals surface area contributed by atoms with Crippen LogP contribution >= 0.6 is 22.7 Å². The van der Waals surface area contributed by atoms with Gasteiger partial charge in [0.2, 0.25) is 0 Å². The Bertz CT molecular complexity index is 868. The van der Waals surface area contributed by atoms with Crippen molar-refractivity contribution in [2.75, 3.05) is 0 Å². The third-order valence-corrected chi connectivity index (χ3v) is 5.71. The average molecular weight is 382 g/mol. The van der Waals surface area contributed by atoms with Gasteiger partial charge in [-0.1, -0.05) is 6.07 Å². The number of nitrogens with one attached hydrogen (secondary N) is 1. The van der Waals surface area contributed by atoms with Gasteiger partial charge in [-0.05, 0) is 42.6 Å². The second-order valence-corrected chi connectivity index (χ2v) is 7.29. The number of aryl methyl sites for hydroxylation is 1. The summed E-state index contributed by atoms with van der Waals surface area (Å²) in [5.41, 5.74) is 0.248. The Balaban J connectivity index is 1.66. The van der Waals surface area contributed by atoms with Gasteiger partial charge in [-0.15, -0.1) is 22.7 Å². The predicted molar refractivity (Wildman–Crippen MR) is 92.8 cm³/mol. The quantitative estimate of drug-likeness (QED) is 0.680. The molecule has 1 N–H and O–H groups in total. The molecule has 0 radical (unpaired) electrons. The zero-order valence-electron chi connectivity index (χ0n) is 13.1. The van der Waals surface area contributed by atoms with Crippen LogP contribution in [0.2, 0.25) is 0 Å². The summed E-state index contributed by atoms with van der Waals surface area (Å²) < 4.78 is 37.6. The fourth-order valence-electron chi connectivity index (χ4n) is 2.17. The number of rotatable bonds is 4. The molecule has 0 fully saturated rings. The smallest absolute Gasteiger partial charge is 0.347 e. The van der Waals surface area contributed by atoms with Crippen LogP contribution in [-0.4, -0.2) is 10.9 Å². The first-order valence-corrected chi connectivity index (χ1v) is 9.00. The molecule has 0 aliphatic carbocycles. The van der Waals surface area contributed by atoms with E-state index >= 15 is 0 Å². The fourth-order valence-corrected chi connectivity index (χ4v) is 3.97. The lowest BCUT2D eigenvalue weighted by Gasteiger charge is -2.08. The van der Waals surface area contributed by atoms with Gasteiger partial charge in [0, 0.05) is 10.4 Å². The summed E-state index contributed by atoms with van der Waals surface area (Å²) in [6, 6.07) is 8.09. The van der Waals surface area contributed by atoms with Crippen molar-refractivity contribution >= 4 is 28.6 Å². The Morgan fingerprint density at radius 3 is 2.52 bits per heavy atom. The van der Waals surface area contributed by atoms with E-state index in [-0.39, 0.29) is 12.1 Å². The van der Waals surface area contributed by atoms with Crippen LogP contribution in [0.15, 0.2) is 41.8 Å². The van der Waals surface area contributed by atoms with E-state index in [2.05, 4.69) is 10.3 Å². The van der Waals surface area contributed by atoms with Crippen LogP contribution in [0.25, 0.3) is 9.88 Å². The number of alkyl halides is 3. The van der Waals surface area contributed by atoms with Gasteiger partial charge >= 0.3 is 6.18 Å². The maximum absolute atomic E-state index is 12.5. The van der Waals surface area contributed by atoms with Crippen LogP contribution in [0.4, 0.5) is 13.2 Å². The van der Waals surface area contributed by atoms with Crippen molar-refractivity contribution < 1.29 is 18.0 Å². The van der Waals surface area contributed by atoms with E-state index in [1.165, 1.54) is 23.5 Å². The maximum Gasteiger partial charge on any atom is 0.416 e. The molecule has 3 nitrogen and oxygen atoms in total. The zero-order chi connectivity index (χ0) is 18.0. The fraction of sp³-hybridized carbons (Fsp3) is 0.176. The topological polar surface area (TPSA) is 42.0 Å². The first kappa shape index (κ1) is 17.6. The van der Waals surface area contributed by atoms with Crippen LogP contribution in [-0.2, 0) is 12.7 Å². The Labute approximate surface area is 150 Å². The molecule has 0 aliphatic heterocycles. The van der Waals surface area contributed by atoms with Gasteiger partial charge in [-0.2, -0.15) is 13.2 Å². The average Bonchev–Trinajstić information content (AvgIpc) is 3.21. The third kappa shape index (κ3) is 4.08. The molecule has 130 valence electrons. The van der Waals surface area contributed by atoms with Crippen molar-refractivity contribution in [3.05, 3.63) is 63.5 Å². The minimum absolute atomic E-state index is 0.189. The molecule has 0 spiro atoms. The number of benzene rings is 1. The van der Waals surface area contributed by atoms with Gasteiger partial charge in [-0.3, -0.25) is 4.79 Å². The minimum atomic E-state index is -4.41. The Morgan fingerprint density at radius 1 is 1.20 bits per heavy atom. The lowest BCUT2D eigenvalue weighted by molar-refractivity contribution is -0.137. The van der Waals surface area contributed by atoms with E-state index in [1.807, 2.05) is 24.4 Å². The second kappa shape index (κ2) is 6.97. The molecule has 2 heterocycles. The van der Waals surface area contributed by atoms with Gasteiger partial charge in [0.25, 0.3) is 5.91 Å². The van der Waals surface area contributed by atoms with E-state index < -0.39 is 17.6 Å². The van der Waals surface area contributed by atoms with Crippen molar-refractivity contribution in [3.63, 3.8) is 0 Å². The summed E-state index contributed by atoms with van der Waals surface area (Å²) in [5.74, 6) is -0.417. The van der Waals surface area contributed by atoms with Gasteiger partial charge in [0.05, 0.1) is 22.7 Å². The monoisotopic (exact) mass is 382 g/mol. The predicted octanol–water partition coefficient (Wildman–Crippen LogP) is 5.13. The number of nitrogens with zero attached hydrogens (tertiary/aromatic N) is 1. The van der Waals surface area contributed by atoms with E-state index in [0.717, 1.165) is 32.6 Å². The number of amides is 1. The lowest BCUT2D eigenvalue weighted by Crippen LogP contribution is -2.22. The SMILES string of the molecule is Cc1nc(-c2cccs2)sc1CNC(=O)c1ccc(C(F)(F)F)cc1. The summed E-state index contributed by atoms with van der Waals surface area (Å²) in [6.45, 7) is 2.15. The number of halogens is 3. The van der Waals surface area contributed by atoms with Crippen molar-refractivity contribution in [1.29, 1.82) is 0 Å². The van der Waals surface area contributed by atoms with E-state index in [0.29, 0.717) is 0 Å². The summed E-state index contributed by atoms with van der Waals surface area (Å²) in [5, 5.41) is 5.59. The number of hydrogen-bond donors (Lipinski definition) is 1. The number of carbonyl (C=O) groups is 1. The Morgan fingerprint density at radius 2 is 1.92 bits per heavy atom. The molecule has 1 aromatic carbocycles. The van der Waals surface area contributed by atoms with Crippen LogP contribution in [0, 0.1) is 6.92 Å². The van der Waals surface area contributed by atoms with Crippen LogP contribution in [0.5, 0.6) is 0 Å². The number of thiophene rings is 1. The summed E-state index contributed by atoms with van der Waals surface area (Å²) in [4.78, 5) is 18.6. The molecule has 0 unspecified atom stereocenters. The highest BCUT2D eigenvalue weighted by molar-refractivity contribution is 7.21. The van der Waals surface area contributed by atoms with Crippen molar-refractivity contribution in [1.82, 2.24) is 10.3 Å². The van der Waals surface area contributed by atoms with Crippen LogP contribution in [0.1, 0.15) is 26.5 Å². The normalized spacial score (nSPS) is 11.5. The molecular formula is C17H13F3N2OS2. The maximum atomic E-state index is 12.5. The van der Waals surface area contributed by atoms with Crippen LogP contribution in [0.3, 0.4) is 0 Å². The highest BCUT2D eigenvalue weighted by atomic mass is 32.1. The highest BCUT2D eigenvalue weighted by Crippen LogP contribution is 2.31. The first-order chi connectivity index (χ1) is 11.8. The molecule has 2 aromatic heterocycles. The molecule has 0 aliphatic rings. The van der Waals surface area contributed by atoms with Crippen molar-refractivity contribution in [2.24, 2.45) is 0 Å². The van der Waals surface area contributed by atoms with E-state index in [9.17, 15) is 18.0 Å². The number of thiazole rings is 1. The standard InChI is InChI=1S/C17H13F3N2OS2/c1-10-14(25-16(22-10)13-3-2-8-24-13)9-21-15(23)11-4-6-12(7-5-11)17(18,19)20/h2-8H,9H2,1H3,(H,21,23). The van der Waals surface area contributed by atoms with E-state index in [1.54, 1.807) is 11.3 Å². The molecule has 0 bridgehead atoms. The molecule has 3 aromatic rings. The van der Waals surface area contributed by atoms with E-state index in [4.69, 9.17) is 0 Å². The summed E-state index contributed by atoms with van der Waals surface area (Å²) in [7, 11) is 0. The molecule has 3 rings (SSSR count). The first-order valence-electron chi connectivity index (χ1n) is 7.30.